The van der Waals surface area contributed by atoms with Gasteiger partial charge in [0.05, 0.1) is 5.39 Å². The van der Waals surface area contributed by atoms with E-state index in [1.54, 1.807) is 17.7 Å². The van der Waals surface area contributed by atoms with E-state index in [0.717, 1.165) is 21.7 Å². The molecule has 128 valence electrons. The molecule has 26 heavy (non-hydrogen) atoms. The summed E-state index contributed by atoms with van der Waals surface area (Å²) in [7, 11) is 0. The van der Waals surface area contributed by atoms with Gasteiger partial charge in [0.1, 0.15) is 17.0 Å². The molecule has 0 saturated carbocycles. The third-order valence-electron chi connectivity index (χ3n) is 5.07. The van der Waals surface area contributed by atoms with Gasteiger partial charge in [-0.15, -0.1) is 11.3 Å². The molecule has 2 aromatic carbocycles. The molecule has 4 heteroatoms. The highest BCUT2D eigenvalue weighted by atomic mass is 32.1. The minimum atomic E-state index is 0.871. The van der Waals surface area contributed by atoms with Crippen LogP contribution in [0.15, 0.2) is 60.2 Å². The van der Waals surface area contributed by atoms with Crippen LogP contribution >= 0.6 is 11.3 Å². The molecule has 0 atom stereocenters. The van der Waals surface area contributed by atoms with Gasteiger partial charge in [0.2, 0.25) is 0 Å². The van der Waals surface area contributed by atoms with Crippen molar-refractivity contribution in [2.45, 2.75) is 25.7 Å². The van der Waals surface area contributed by atoms with Crippen LogP contribution in [0.25, 0.3) is 21.3 Å². The maximum absolute atomic E-state index is 4.53. The van der Waals surface area contributed by atoms with Crippen molar-refractivity contribution in [3.05, 3.63) is 71.4 Å². The molecular formula is C22H19N3S. The number of anilines is 2. The Morgan fingerprint density at radius 1 is 0.885 bits per heavy atom. The molecule has 0 saturated heterocycles. The first-order valence-electron chi connectivity index (χ1n) is 9.05. The number of aromatic nitrogens is 2. The first kappa shape index (κ1) is 15.5. The molecule has 3 nitrogen and oxygen atoms in total. The van der Waals surface area contributed by atoms with Crippen LogP contribution in [0.3, 0.4) is 0 Å². The summed E-state index contributed by atoms with van der Waals surface area (Å²) in [5.41, 5.74) is 6.54. The predicted octanol–water partition coefficient (Wildman–Crippen LogP) is 5.98. The molecule has 4 aromatic rings. The van der Waals surface area contributed by atoms with Crippen LogP contribution in [0.2, 0.25) is 0 Å². The van der Waals surface area contributed by atoms with E-state index < -0.39 is 0 Å². The second-order valence-electron chi connectivity index (χ2n) is 6.73. The number of hydrogen-bond acceptors (Lipinski definition) is 4. The lowest BCUT2D eigenvalue weighted by atomic mass is 9.89. The maximum Gasteiger partial charge on any atom is 0.143 e. The van der Waals surface area contributed by atoms with Crippen LogP contribution in [-0.2, 0) is 12.8 Å². The molecule has 5 rings (SSSR count). The zero-order chi connectivity index (χ0) is 17.3. The van der Waals surface area contributed by atoms with Crippen LogP contribution in [0.1, 0.15) is 24.0 Å². The fourth-order valence-electron chi connectivity index (χ4n) is 3.74. The van der Waals surface area contributed by atoms with Crippen molar-refractivity contribution in [3.63, 3.8) is 0 Å². The van der Waals surface area contributed by atoms with E-state index in [1.165, 1.54) is 47.9 Å². The fraction of sp³-hybridized carbons (Fsp3) is 0.182. The molecule has 1 aliphatic rings. The SMILES string of the molecule is c1ccc(Nc2ncnc3scc(-c4ccc5c(c4)CCCC5)c23)cc1. The van der Waals surface area contributed by atoms with Crippen LogP contribution in [0.4, 0.5) is 11.5 Å². The number of rotatable bonds is 3. The maximum atomic E-state index is 4.53. The van der Waals surface area contributed by atoms with Gasteiger partial charge >= 0.3 is 0 Å². The highest BCUT2D eigenvalue weighted by Gasteiger charge is 2.16. The summed E-state index contributed by atoms with van der Waals surface area (Å²) in [6.45, 7) is 0. The smallest absolute Gasteiger partial charge is 0.143 e. The van der Waals surface area contributed by atoms with Gasteiger partial charge < -0.3 is 5.32 Å². The number of nitrogens with one attached hydrogen (secondary N) is 1. The Hall–Kier alpha value is -2.72. The Labute approximate surface area is 156 Å². The highest BCUT2D eigenvalue weighted by Crippen LogP contribution is 2.38. The third kappa shape index (κ3) is 2.76. The normalized spacial score (nSPS) is 13.5. The second-order valence-corrected chi connectivity index (χ2v) is 7.59. The lowest BCUT2D eigenvalue weighted by Gasteiger charge is -2.16. The van der Waals surface area contributed by atoms with E-state index in [4.69, 9.17) is 0 Å². The number of benzene rings is 2. The second kappa shape index (κ2) is 6.54. The monoisotopic (exact) mass is 357 g/mol. The molecule has 0 unspecified atom stereocenters. The highest BCUT2D eigenvalue weighted by molar-refractivity contribution is 7.17. The van der Waals surface area contributed by atoms with Crippen molar-refractivity contribution in [1.82, 2.24) is 9.97 Å². The Morgan fingerprint density at radius 3 is 2.62 bits per heavy atom. The summed E-state index contributed by atoms with van der Waals surface area (Å²) in [5.74, 6) is 0.871. The number of para-hydroxylation sites is 1. The standard InChI is InChI=1S/C22H19N3S/c1-2-8-18(9-3-1)25-21-20-19(13-26-22(20)24-14-23-21)17-11-10-15-6-4-5-7-16(15)12-17/h1-3,8-14H,4-7H2,(H,23,24,25). The molecule has 0 radical (unpaired) electrons. The summed E-state index contributed by atoms with van der Waals surface area (Å²) in [6.07, 6.45) is 6.65. The van der Waals surface area contributed by atoms with Crippen LogP contribution in [-0.4, -0.2) is 9.97 Å². The number of nitrogens with zero attached hydrogens (tertiary/aromatic N) is 2. The molecule has 0 aliphatic heterocycles. The molecule has 2 heterocycles. The Balaban J connectivity index is 1.62. The Morgan fingerprint density at radius 2 is 1.73 bits per heavy atom. The molecule has 1 aliphatic carbocycles. The number of fused-ring (bicyclic) bond motifs is 2. The zero-order valence-electron chi connectivity index (χ0n) is 14.4. The van der Waals surface area contributed by atoms with E-state index in [0.29, 0.717) is 0 Å². The van der Waals surface area contributed by atoms with Crippen molar-refractivity contribution >= 4 is 33.1 Å². The van der Waals surface area contributed by atoms with Gasteiger partial charge in [-0.25, -0.2) is 9.97 Å². The van der Waals surface area contributed by atoms with Crippen molar-refractivity contribution in [2.24, 2.45) is 0 Å². The summed E-state index contributed by atoms with van der Waals surface area (Å²) in [5, 5.41) is 6.78. The average molecular weight is 357 g/mol. The van der Waals surface area contributed by atoms with Crippen LogP contribution < -0.4 is 5.32 Å². The molecule has 2 aromatic heterocycles. The van der Waals surface area contributed by atoms with E-state index in [1.807, 2.05) is 18.2 Å². The third-order valence-corrected chi connectivity index (χ3v) is 5.95. The first-order chi connectivity index (χ1) is 12.9. The summed E-state index contributed by atoms with van der Waals surface area (Å²) in [6, 6.07) is 17.1. The molecular weight excluding hydrogens is 338 g/mol. The number of aryl methyl sites for hydroxylation is 2. The van der Waals surface area contributed by atoms with E-state index in [-0.39, 0.29) is 0 Å². The first-order valence-corrected chi connectivity index (χ1v) is 9.93. The fourth-order valence-corrected chi connectivity index (χ4v) is 4.66. The van der Waals surface area contributed by atoms with Gasteiger partial charge in [0.25, 0.3) is 0 Å². The Kier molecular flexibility index (Phi) is 3.91. The van der Waals surface area contributed by atoms with E-state index in [9.17, 15) is 0 Å². The topological polar surface area (TPSA) is 37.8 Å². The molecule has 0 spiro atoms. The minimum Gasteiger partial charge on any atom is -0.340 e. The molecule has 0 fully saturated rings. The number of thiophene rings is 1. The summed E-state index contributed by atoms with van der Waals surface area (Å²) in [4.78, 5) is 10.0. The van der Waals surface area contributed by atoms with Crippen molar-refractivity contribution in [3.8, 4) is 11.1 Å². The van der Waals surface area contributed by atoms with E-state index >= 15 is 0 Å². The van der Waals surface area contributed by atoms with Gasteiger partial charge in [-0.2, -0.15) is 0 Å². The van der Waals surface area contributed by atoms with Crippen molar-refractivity contribution < 1.29 is 0 Å². The van der Waals surface area contributed by atoms with Gasteiger partial charge in [0.15, 0.2) is 0 Å². The largest absolute Gasteiger partial charge is 0.340 e. The van der Waals surface area contributed by atoms with Crippen LogP contribution in [0.5, 0.6) is 0 Å². The Bertz CT molecular complexity index is 1070. The lowest BCUT2D eigenvalue weighted by molar-refractivity contribution is 0.686. The van der Waals surface area contributed by atoms with Gasteiger partial charge in [-0.1, -0.05) is 36.4 Å². The van der Waals surface area contributed by atoms with Crippen LogP contribution in [0, 0.1) is 0 Å². The molecule has 0 amide bonds. The lowest BCUT2D eigenvalue weighted by Crippen LogP contribution is -2.02. The van der Waals surface area contributed by atoms with Crippen molar-refractivity contribution in [2.75, 3.05) is 5.32 Å². The van der Waals surface area contributed by atoms with E-state index in [2.05, 4.69) is 51.0 Å². The van der Waals surface area contributed by atoms with Crippen molar-refractivity contribution in [1.29, 1.82) is 0 Å². The summed E-state index contributed by atoms with van der Waals surface area (Å²) < 4.78 is 0. The minimum absolute atomic E-state index is 0.871. The van der Waals surface area contributed by atoms with Gasteiger partial charge in [-0.3, -0.25) is 0 Å². The van der Waals surface area contributed by atoms with Gasteiger partial charge in [-0.05, 0) is 54.5 Å². The molecule has 1 N–H and O–H groups in total. The predicted molar refractivity (Wildman–Crippen MR) is 109 cm³/mol. The quantitative estimate of drug-likeness (QED) is 0.490. The zero-order valence-corrected chi connectivity index (χ0v) is 15.2. The molecule has 0 bridgehead atoms. The average Bonchev–Trinajstić information content (AvgIpc) is 3.14. The summed E-state index contributed by atoms with van der Waals surface area (Å²) >= 11 is 1.68. The van der Waals surface area contributed by atoms with Gasteiger partial charge in [0, 0.05) is 16.6 Å². The number of hydrogen-bond donors (Lipinski definition) is 1.